The zero-order chi connectivity index (χ0) is 50.2. The van der Waals surface area contributed by atoms with Crippen molar-refractivity contribution in [2.24, 2.45) is 0 Å². The average molecular weight is 975 g/mol. The van der Waals surface area contributed by atoms with Crippen molar-refractivity contribution in [3.05, 3.63) is 97.2 Å². The Balaban J connectivity index is 1.81. The minimum absolute atomic E-state index is 0.00922. The van der Waals surface area contributed by atoms with Gasteiger partial charge < -0.3 is 64.2 Å². The van der Waals surface area contributed by atoms with Crippen molar-refractivity contribution in [2.45, 2.75) is 210 Å². The van der Waals surface area contributed by atoms with Crippen molar-refractivity contribution in [3.63, 3.8) is 0 Å². The summed E-state index contributed by atoms with van der Waals surface area (Å²) in [6.07, 6.45) is 37.6. The number of allylic oxidation sites excluding steroid dienone is 16. The maximum absolute atomic E-state index is 13.0. The molecule has 0 spiro atoms. The molecule has 14 heteroatoms. The van der Waals surface area contributed by atoms with Gasteiger partial charge in [0.2, 0.25) is 0 Å². The van der Waals surface area contributed by atoms with E-state index >= 15 is 0 Å². The maximum atomic E-state index is 13.0. The zero-order valence-corrected chi connectivity index (χ0v) is 41.8. The fourth-order valence-corrected chi connectivity index (χ4v) is 7.39. The fraction of sp³-hybridized carbons (Fsp3) is 0.691. The van der Waals surface area contributed by atoms with Crippen molar-refractivity contribution in [2.75, 3.05) is 33.0 Å². The van der Waals surface area contributed by atoms with Crippen molar-refractivity contribution in [1.29, 1.82) is 0 Å². The zero-order valence-electron chi connectivity index (χ0n) is 41.8. The highest BCUT2D eigenvalue weighted by Gasteiger charge is 2.47. The summed E-state index contributed by atoms with van der Waals surface area (Å²) in [6, 6.07) is 0. The number of aliphatic hydroxyl groups is 7. The number of aliphatic hydroxyl groups excluding tert-OH is 7. The lowest BCUT2D eigenvalue weighted by Gasteiger charge is -2.42. The first-order valence-corrected chi connectivity index (χ1v) is 25.8. The molecule has 0 aromatic rings. The number of rotatable bonds is 39. The first-order valence-electron chi connectivity index (χ1n) is 25.8. The van der Waals surface area contributed by atoms with Crippen molar-refractivity contribution in [1.82, 2.24) is 0 Å². The molecule has 7 N–H and O–H groups in total. The molecule has 2 rings (SSSR count). The molecule has 14 nitrogen and oxygen atoms in total. The summed E-state index contributed by atoms with van der Waals surface area (Å²) in [7, 11) is 0. The molecule has 0 aromatic heterocycles. The highest BCUT2D eigenvalue weighted by Crippen LogP contribution is 2.26. The standard InChI is InChI=1S/C55H90O14/c1-3-5-7-9-11-13-15-17-19-20-21-22-23-25-27-29-31-33-35-37-39-64-41-44(67-47(57)38-36-34-32-30-28-26-24-18-16-14-12-10-8-6-4-2)42-65-54-53(63)51(61)49(59)46(69-54)43-66-55-52(62)50(60)48(58)45(40-56)68-55/h5,7,11-14,17-19,21-22,24-25,27,31,33,44-46,48-56,58-63H,3-4,6,8-10,15-16,20,23,26,28-30,32,34-43H2,1-2H3/b7-5-,13-11-,14-12-,19-17-,22-21-,24-18-,27-25-,33-31-. The van der Waals surface area contributed by atoms with Gasteiger partial charge in [-0.25, -0.2) is 0 Å². The van der Waals surface area contributed by atoms with E-state index in [0.29, 0.717) is 13.0 Å². The fourth-order valence-electron chi connectivity index (χ4n) is 7.39. The molecule has 11 atom stereocenters. The lowest BCUT2D eigenvalue weighted by molar-refractivity contribution is -0.332. The number of esters is 1. The van der Waals surface area contributed by atoms with E-state index in [4.69, 9.17) is 28.4 Å². The van der Waals surface area contributed by atoms with E-state index in [1.54, 1.807) is 0 Å². The number of unbranched alkanes of at least 4 members (excludes halogenated alkanes) is 9. The Morgan fingerprint density at radius 2 is 0.942 bits per heavy atom. The molecule has 2 fully saturated rings. The predicted molar refractivity (Wildman–Crippen MR) is 270 cm³/mol. The number of hydrogen-bond donors (Lipinski definition) is 7. The Hall–Kier alpha value is -3.09. The van der Waals surface area contributed by atoms with Crippen LogP contribution in [0.1, 0.15) is 142 Å². The van der Waals surface area contributed by atoms with Gasteiger partial charge in [0, 0.05) is 13.0 Å². The van der Waals surface area contributed by atoms with Crippen LogP contribution in [0.4, 0.5) is 0 Å². The van der Waals surface area contributed by atoms with E-state index in [2.05, 4.69) is 111 Å². The molecule has 0 aliphatic carbocycles. The minimum atomic E-state index is -1.73. The molecule has 11 unspecified atom stereocenters. The Morgan fingerprint density at radius 1 is 0.493 bits per heavy atom. The van der Waals surface area contributed by atoms with Gasteiger partial charge in [-0.2, -0.15) is 0 Å². The van der Waals surface area contributed by atoms with E-state index < -0.39 is 86.7 Å². The average Bonchev–Trinajstić information content (AvgIpc) is 3.35. The van der Waals surface area contributed by atoms with E-state index in [1.807, 2.05) is 0 Å². The summed E-state index contributed by atoms with van der Waals surface area (Å²) < 4.78 is 34.2. The molecule has 0 saturated carbocycles. The second-order valence-corrected chi connectivity index (χ2v) is 17.6. The molecule has 2 heterocycles. The molecule has 0 radical (unpaired) electrons. The van der Waals surface area contributed by atoms with Crippen LogP contribution in [0.25, 0.3) is 0 Å². The summed E-state index contributed by atoms with van der Waals surface area (Å²) in [5.74, 6) is -0.415. The maximum Gasteiger partial charge on any atom is 0.306 e. The van der Waals surface area contributed by atoms with Crippen LogP contribution in [0.5, 0.6) is 0 Å². The minimum Gasteiger partial charge on any atom is -0.457 e. The van der Waals surface area contributed by atoms with Gasteiger partial charge in [0.25, 0.3) is 0 Å². The predicted octanol–water partition coefficient (Wildman–Crippen LogP) is 7.85. The van der Waals surface area contributed by atoms with Crippen LogP contribution in [0.2, 0.25) is 0 Å². The van der Waals surface area contributed by atoms with Crippen LogP contribution in [0.15, 0.2) is 97.2 Å². The van der Waals surface area contributed by atoms with Gasteiger partial charge in [-0.1, -0.05) is 143 Å². The third-order valence-electron chi connectivity index (χ3n) is 11.6. The Morgan fingerprint density at radius 3 is 1.48 bits per heavy atom. The molecule has 0 bridgehead atoms. The first kappa shape index (κ1) is 62.0. The summed E-state index contributed by atoms with van der Waals surface area (Å²) in [4.78, 5) is 13.0. The largest absolute Gasteiger partial charge is 0.457 e. The molecular weight excluding hydrogens is 885 g/mol. The van der Waals surface area contributed by atoms with Gasteiger partial charge >= 0.3 is 5.97 Å². The molecular formula is C55H90O14. The normalized spacial score (nSPS) is 26.5. The van der Waals surface area contributed by atoms with Crippen LogP contribution in [0.3, 0.4) is 0 Å². The van der Waals surface area contributed by atoms with Crippen LogP contribution < -0.4 is 0 Å². The molecule has 0 amide bonds. The second kappa shape index (κ2) is 41.5. The van der Waals surface area contributed by atoms with Crippen LogP contribution in [-0.2, 0) is 33.2 Å². The molecule has 2 aliphatic rings. The van der Waals surface area contributed by atoms with Crippen molar-refractivity contribution < 1.29 is 69.0 Å². The molecule has 2 saturated heterocycles. The quantitative estimate of drug-likeness (QED) is 0.0178. The number of carbonyl (C=O) groups is 1. The number of ether oxygens (including phenoxy) is 6. The molecule has 2 aliphatic heterocycles. The Kier molecular flexibility index (Phi) is 37.3. The smallest absolute Gasteiger partial charge is 0.306 e. The molecule has 69 heavy (non-hydrogen) atoms. The number of hydrogen-bond acceptors (Lipinski definition) is 14. The van der Waals surface area contributed by atoms with Gasteiger partial charge in [-0.15, -0.1) is 0 Å². The van der Waals surface area contributed by atoms with Crippen LogP contribution in [-0.4, -0.2) is 142 Å². The highest BCUT2D eigenvalue weighted by atomic mass is 16.7. The van der Waals surface area contributed by atoms with Gasteiger partial charge in [0.1, 0.15) is 54.9 Å². The van der Waals surface area contributed by atoms with E-state index in [9.17, 15) is 40.5 Å². The van der Waals surface area contributed by atoms with Gasteiger partial charge in [-0.05, 0) is 89.9 Å². The molecule has 394 valence electrons. The van der Waals surface area contributed by atoms with Gasteiger partial charge in [-0.3, -0.25) is 4.79 Å². The van der Waals surface area contributed by atoms with E-state index in [1.165, 1.54) is 19.3 Å². The Bertz CT molecular complexity index is 1500. The summed E-state index contributed by atoms with van der Waals surface area (Å²) in [5, 5.41) is 72.1. The van der Waals surface area contributed by atoms with Crippen molar-refractivity contribution >= 4 is 5.97 Å². The summed E-state index contributed by atoms with van der Waals surface area (Å²) in [6.45, 7) is 3.34. The van der Waals surface area contributed by atoms with Crippen molar-refractivity contribution in [3.8, 4) is 0 Å². The third-order valence-corrected chi connectivity index (χ3v) is 11.6. The first-order chi connectivity index (χ1) is 33.6. The van der Waals surface area contributed by atoms with E-state index in [-0.39, 0.29) is 19.6 Å². The SMILES string of the molecule is CC/C=C\C/C=C\C/C=C\C/C=C\C/C=C\C/C=C\CCCOCC(COC1OC(COC2OC(CO)C(O)C(O)C2O)C(O)C(O)C1O)OC(=O)CCCCCCC/C=C\C/C=C\CCCCC. The monoisotopic (exact) mass is 975 g/mol. The Labute approximate surface area is 413 Å². The van der Waals surface area contributed by atoms with Crippen LogP contribution in [0, 0.1) is 0 Å². The summed E-state index contributed by atoms with van der Waals surface area (Å²) in [5.41, 5.74) is 0. The molecule has 0 aromatic carbocycles. The highest BCUT2D eigenvalue weighted by molar-refractivity contribution is 5.69. The topological polar surface area (TPSA) is 214 Å². The van der Waals surface area contributed by atoms with Gasteiger partial charge in [0.15, 0.2) is 12.6 Å². The van der Waals surface area contributed by atoms with E-state index in [0.717, 1.165) is 96.3 Å². The van der Waals surface area contributed by atoms with Gasteiger partial charge in [0.05, 0.1) is 26.4 Å². The lowest BCUT2D eigenvalue weighted by Crippen LogP contribution is -2.61. The number of carbonyl (C=O) groups excluding carboxylic acids is 1. The third kappa shape index (κ3) is 29.1. The lowest BCUT2D eigenvalue weighted by atomic mass is 9.98. The summed E-state index contributed by atoms with van der Waals surface area (Å²) >= 11 is 0. The van der Waals surface area contributed by atoms with Crippen LogP contribution >= 0.6 is 0 Å². The second-order valence-electron chi connectivity index (χ2n) is 17.6.